The van der Waals surface area contributed by atoms with Crippen molar-refractivity contribution < 1.29 is 13.0 Å². The van der Waals surface area contributed by atoms with E-state index in [9.17, 15) is 8.22 Å². The summed E-state index contributed by atoms with van der Waals surface area (Å²) in [6.07, 6.45) is 0. The van der Waals surface area contributed by atoms with Crippen molar-refractivity contribution >= 4 is 22.1 Å². The fourth-order valence-corrected chi connectivity index (χ4v) is 11.6. The predicted molar refractivity (Wildman–Crippen MR) is 341 cm³/mol. The quantitative estimate of drug-likeness (QED) is 0.109. The summed E-state index contributed by atoms with van der Waals surface area (Å²) in [6.45, 7) is 12.2. The lowest BCUT2D eigenvalue weighted by Gasteiger charge is -2.25. The minimum atomic E-state index is -2.78. The molecular weight excluding hydrogens is 985 g/mol. The van der Waals surface area contributed by atoms with Gasteiger partial charge in [-0.1, -0.05) is 201 Å². The van der Waals surface area contributed by atoms with Crippen molar-refractivity contribution in [1.82, 2.24) is 19.1 Å². The third-order valence-corrected chi connectivity index (χ3v) is 15.7. The second-order valence-electron chi connectivity index (χ2n) is 22.5. The zero-order chi connectivity index (χ0) is 61.1. The van der Waals surface area contributed by atoms with Gasteiger partial charge in [-0.3, -0.25) is 9.13 Å². The molecule has 0 amide bonds. The number of imidazole rings is 2. The fourth-order valence-electron chi connectivity index (χ4n) is 11.6. The van der Waals surface area contributed by atoms with Crippen LogP contribution in [0.1, 0.15) is 121 Å². The summed E-state index contributed by atoms with van der Waals surface area (Å²) in [6, 6.07) is 72.4. The number of aromatic nitrogens is 4. The summed E-state index contributed by atoms with van der Waals surface area (Å²) >= 11 is 0. The van der Waals surface area contributed by atoms with E-state index in [1.165, 1.54) is 0 Å². The number of para-hydroxylation sites is 4. The minimum Gasteiger partial charge on any atom is -0.457 e. The summed E-state index contributed by atoms with van der Waals surface area (Å²) in [7, 11) is 0. The van der Waals surface area contributed by atoms with Crippen molar-refractivity contribution in [2.45, 2.75) is 92.8 Å². The summed E-state index contributed by atoms with van der Waals surface area (Å²) in [4.78, 5) is 10.9. The van der Waals surface area contributed by atoms with Gasteiger partial charge in [0.15, 0.2) is 0 Å². The molecule has 12 aromatic rings. The van der Waals surface area contributed by atoms with Crippen LogP contribution >= 0.6 is 0 Å². The van der Waals surface area contributed by atoms with E-state index in [-0.39, 0.29) is 46.3 Å². The second-order valence-corrected chi connectivity index (χ2v) is 22.5. The molecular formula is C76H70N4O. The lowest BCUT2D eigenvalue weighted by Crippen LogP contribution is -2.10. The maximum Gasteiger partial charge on any atom is 0.145 e. The van der Waals surface area contributed by atoms with Crippen molar-refractivity contribution in [2.24, 2.45) is 0 Å². The number of hydrogen-bond acceptors (Lipinski definition) is 3. The van der Waals surface area contributed by atoms with Gasteiger partial charge in [0.05, 0.1) is 33.4 Å². The molecule has 5 nitrogen and oxygen atoms in total. The highest BCUT2D eigenvalue weighted by Gasteiger charge is 2.28. The van der Waals surface area contributed by atoms with Gasteiger partial charge in [-0.05, 0) is 188 Å². The average Bonchev–Trinajstić information content (AvgIpc) is 1.90. The molecule has 0 spiro atoms. The van der Waals surface area contributed by atoms with E-state index in [4.69, 9.17) is 14.7 Å². The van der Waals surface area contributed by atoms with Crippen LogP contribution in [0.25, 0.3) is 101 Å². The van der Waals surface area contributed by atoms with Crippen LogP contribution in [0, 0.1) is 13.7 Å². The Morgan fingerprint density at radius 2 is 0.642 bits per heavy atom. The fraction of sp³-hybridized carbons (Fsp3) is 0.184. The molecule has 0 aliphatic carbocycles. The zero-order valence-corrected chi connectivity index (χ0v) is 47.3. The van der Waals surface area contributed by atoms with Crippen LogP contribution in [-0.2, 0) is 0 Å². The summed E-state index contributed by atoms with van der Waals surface area (Å²) < 4.78 is 68.5. The number of hydrogen-bond donors (Lipinski definition) is 0. The second kappa shape index (κ2) is 21.9. The number of ether oxygens (including phenoxy) is 1. The van der Waals surface area contributed by atoms with E-state index in [0.717, 1.165) is 77.9 Å². The zero-order valence-electron chi connectivity index (χ0n) is 53.3. The van der Waals surface area contributed by atoms with Crippen molar-refractivity contribution in [3.8, 4) is 90.2 Å². The molecule has 400 valence electrons. The van der Waals surface area contributed by atoms with Crippen LogP contribution in [0.5, 0.6) is 11.5 Å². The van der Waals surface area contributed by atoms with E-state index in [1.807, 2.05) is 121 Å². The van der Waals surface area contributed by atoms with Gasteiger partial charge in [0.2, 0.25) is 0 Å². The first-order valence-corrected chi connectivity index (χ1v) is 28.3. The monoisotopic (exact) mass is 1060 g/mol. The van der Waals surface area contributed by atoms with Crippen LogP contribution < -0.4 is 4.74 Å². The Bertz CT molecular complexity index is 4160. The first kappa shape index (κ1) is 45.8. The lowest BCUT2D eigenvalue weighted by atomic mass is 9.88. The van der Waals surface area contributed by atoms with E-state index in [0.29, 0.717) is 45.0 Å². The Hall–Kier alpha value is -9.06. The van der Waals surface area contributed by atoms with E-state index < -0.39 is 13.7 Å². The van der Waals surface area contributed by atoms with E-state index in [2.05, 4.69) is 149 Å². The first-order chi connectivity index (χ1) is 41.7. The molecule has 0 fully saturated rings. The molecule has 0 aliphatic heterocycles. The van der Waals surface area contributed by atoms with Crippen LogP contribution in [0.2, 0.25) is 0 Å². The van der Waals surface area contributed by atoms with Gasteiger partial charge in [0, 0.05) is 19.4 Å². The van der Waals surface area contributed by atoms with Gasteiger partial charge < -0.3 is 4.74 Å². The Morgan fingerprint density at radius 1 is 0.333 bits per heavy atom. The Kier molecular flexibility index (Phi) is 12.4. The lowest BCUT2D eigenvalue weighted by molar-refractivity contribution is 0.476. The third kappa shape index (κ3) is 9.86. The van der Waals surface area contributed by atoms with Crippen LogP contribution in [0.3, 0.4) is 0 Å². The Labute approximate surface area is 486 Å². The highest BCUT2D eigenvalue weighted by Crippen LogP contribution is 2.47. The van der Waals surface area contributed by atoms with Crippen molar-refractivity contribution in [1.29, 1.82) is 0 Å². The first-order valence-electron chi connectivity index (χ1n) is 31.3. The normalized spacial score (nSPS) is 13.2. The SMILES string of the molecule is [2H]C([2H])([2H])c1c(Oc2cc(-c3nc4ccccc4n3-c3c(C(C)C)cc(-c4ccccc4)cc3C(C)C)cc(-c3ccccc3)c2C([2H])([2H])[2H])cc(-c2nc3ccccc3n2-c2c(C(C)C)cc(-c3ccccc3)cc2C(C)C)cc1-c1ccccc1. The van der Waals surface area contributed by atoms with Crippen LogP contribution in [0.4, 0.5) is 0 Å². The minimum absolute atomic E-state index is 0.0339. The molecule has 2 aromatic heterocycles. The molecule has 0 saturated heterocycles. The topological polar surface area (TPSA) is 44.9 Å². The van der Waals surface area contributed by atoms with Gasteiger partial charge in [0.25, 0.3) is 0 Å². The molecule has 12 rings (SSSR count). The highest BCUT2D eigenvalue weighted by atomic mass is 16.5. The van der Waals surface area contributed by atoms with Crippen molar-refractivity contribution in [3.63, 3.8) is 0 Å². The van der Waals surface area contributed by atoms with Gasteiger partial charge >= 0.3 is 0 Å². The highest BCUT2D eigenvalue weighted by molar-refractivity contribution is 5.89. The van der Waals surface area contributed by atoms with Gasteiger partial charge in [-0.2, -0.15) is 0 Å². The van der Waals surface area contributed by atoms with Crippen LogP contribution in [-0.4, -0.2) is 19.1 Å². The standard InChI is InChI=1S/C76H70N4O/c1-47(2)61-39-57(53-27-15-11-16-28-53)40-62(48(3)4)73(61)79-69-37-25-23-35-67(69)77-75(79)59-43-65(55-31-19-13-20-32-55)51(9)71(45-59)81-72-46-60(44-66(52(72)10)56-33-21-14-22-34-56)76-78-68-36-24-26-38-70(68)80(76)74-63(49(5)6)41-58(42-64(74)50(7)8)54-29-17-12-18-30-54/h11-50H,1-10H3/i9D3,10D3. The maximum atomic E-state index is 9.45. The van der Waals surface area contributed by atoms with Crippen LogP contribution in [0.15, 0.2) is 218 Å². The summed E-state index contributed by atoms with van der Waals surface area (Å²) in [5.41, 5.74) is 17.2. The summed E-state index contributed by atoms with van der Waals surface area (Å²) in [5.74, 6) is 1.37. The molecule has 0 N–H and O–H groups in total. The largest absolute Gasteiger partial charge is 0.457 e. The molecule has 0 radical (unpaired) electrons. The number of nitrogens with zero attached hydrogens (tertiary/aromatic N) is 4. The summed E-state index contributed by atoms with van der Waals surface area (Å²) in [5, 5.41) is 0. The molecule has 0 aliphatic rings. The number of fused-ring (bicyclic) bond motifs is 2. The van der Waals surface area contributed by atoms with E-state index >= 15 is 0 Å². The molecule has 0 atom stereocenters. The molecule has 10 aromatic carbocycles. The van der Waals surface area contributed by atoms with E-state index in [1.54, 1.807) is 12.1 Å². The predicted octanol–water partition coefficient (Wildman–Crippen LogP) is 21.3. The Balaban J connectivity index is 1.17. The van der Waals surface area contributed by atoms with Gasteiger partial charge in [-0.15, -0.1) is 0 Å². The number of rotatable bonds is 14. The maximum absolute atomic E-state index is 9.45. The van der Waals surface area contributed by atoms with Gasteiger partial charge in [0.1, 0.15) is 23.1 Å². The molecule has 0 unspecified atom stereocenters. The molecule has 2 heterocycles. The smallest absolute Gasteiger partial charge is 0.145 e. The van der Waals surface area contributed by atoms with Crippen molar-refractivity contribution in [3.05, 3.63) is 252 Å². The Morgan fingerprint density at radius 3 is 0.963 bits per heavy atom. The molecule has 81 heavy (non-hydrogen) atoms. The molecule has 5 heteroatoms. The molecule has 0 saturated carbocycles. The molecule has 0 bridgehead atoms. The number of benzene rings is 10. The third-order valence-electron chi connectivity index (χ3n) is 15.7. The van der Waals surface area contributed by atoms with Crippen molar-refractivity contribution in [2.75, 3.05) is 0 Å². The average molecular weight is 1060 g/mol. The van der Waals surface area contributed by atoms with Gasteiger partial charge in [-0.25, -0.2) is 9.97 Å².